The van der Waals surface area contributed by atoms with Gasteiger partial charge >= 0.3 is 0 Å². The fourth-order valence-electron chi connectivity index (χ4n) is 4.39. The van der Waals surface area contributed by atoms with E-state index in [-0.39, 0.29) is 5.91 Å². The summed E-state index contributed by atoms with van der Waals surface area (Å²) >= 11 is 0. The van der Waals surface area contributed by atoms with Crippen LogP contribution in [0.4, 0.5) is 0 Å². The van der Waals surface area contributed by atoms with Crippen molar-refractivity contribution >= 4 is 16.9 Å². The third kappa shape index (κ3) is 12.2. The van der Waals surface area contributed by atoms with E-state index in [2.05, 4.69) is 29.4 Å². The monoisotopic (exact) mass is 453 g/mol. The van der Waals surface area contributed by atoms with Crippen LogP contribution >= 0.6 is 0 Å². The Hall–Kier alpha value is -1.97. The number of unbranched alkanes of at least 4 members (excludes halogenated alkanes) is 16. The molecule has 0 atom stereocenters. The summed E-state index contributed by atoms with van der Waals surface area (Å²) in [4.78, 5) is 12.4. The number of nitrogens with zero attached hydrogens (tertiary/aromatic N) is 3. The Balaban J connectivity index is 1.32. The lowest BCUT2D eigenvalue weighted by molar-refractivity contribution is 0.0886. The fraction of sp³-hybridized carbons (Fsp3) is 0.690. The maximum Gasteiger partial charge on any atom is 0.248 e. The second-order valence-electron chi connectivity index (χ2n) is 9.49. The molecule has 1 aromatic heterocycles. The highest BCUT2D eigenvalue weighted by atomic mass is 16.2. The zero-order valence-corrected chi connectivity index (χ0v) is 21.1. The molecule has 0 unspecified atom stereocenters. The molecule has 0 saturated heterocycles. The van der Waals surface area contributed by atoms with Gasteiger partial charge in [-0.05, 0) is 44.2 Å². The predicted octanol–water partition coefficient (Wildman–Crippen LogP) is 9.06. The molecule has 1 aromatic carbocycles. The van der Waals surface area contributed by atoms with Crippen molar-refractivity contribution in [3.05, 3.63) is 36.4 Å². The Morgan fingerprint density at radius 2 is 1.24 bits per heavy atom. The highest BCUT2D eigenvalue weighted by molar-refractivity contribution is 5.88. The van der Waals surface area contributed by atoms with E-state index in [1.807, 2.05) is 24.3 Å². The Bertz CT molecular complexity index is 780. The molecule has 0 aliphatic rings. The normalized spacial score (nSPS) is 11.7. The molecule has 1 heterocycles. The Labute approximate surface area is 202 Å². The summed E-state index contributed by atoms with van der Waals surface area (Å²) in [5.74, 6) is 0.0575. The van der Waals surface area contributed by atoms with Crippen LogP contribution in [-0.2, 0) is 0 Å². The smallest absolute Gasteiger partial charge is 0.248 e. The van der Waals surface area contributed by atoms with Gasteiger partial charge in [-0.25, -0.2) is 0 Å². The van der Waals surface area contributed by atoms with Gasteiger partial charge in [-0.3, -0.25) is 4.79 Å². The Kier molecular flexibility index (Phi) is 15.3. The highest BCUT2D eigenvalue weighted by Crippen LogP contribution is 2.15. The van der Waals surface area contributed by atoms with E-state index in [9.17, 15) is 4.79 Å². The van der Waals surface area contributed by atoms with Crippen LogP contribution in [0.25, 0.3) is 11.0 Å². The molecule has 4 heteroatoms. The van der Waals surface area contributed by atoms with Crippen molar-refractivity contribution in [2.75, 3.05) is 0 Å². The third-order valence-electron chi connectivity index (χ3n) is 6.49. The first-order valence-electron chi connectivity index (χ1n) is 13.8. The van der Waals surface area contributed by atoms with Crippen molar-refractivity contribution in [1.82, 2.24) is 15.0 Å². The minimum atomic E-state index is 0.0575. The standard InChI is InChI=1S/C29H47N3O/c1-2-3-4-5-6-7-8-9-10-11-12-13-14-15-16-17-18-19-20-21-26-29(33)32-28-25-23-22-24-27(28)30-31-32/h7-8,22-25H,2-6,9-21,26H2,1H3/b8-7+. The van der Waals surface area contributed by atoms with E-state index in [1.54, 1.807) is 0 Å². The molecule has 2 rings (SSSR count). The number of fused-ring (bicyclic) bond motifs is 1. The summed E-state index contributed by atoms with van der Waals surface area (Å²) in [7, 11) is 0. The number of para-hydroxylation sites is 1. The fourth-order valence-corrected chi connectivity index (χ4v) is 4.39. The lowest BCUT2D eigenvalue weighted by Crippen LogP contribution is -2.12. The van der Waals surface area contributed by atoms with E-state index in [0.717, 1.165) is 23.9 Å². The van der Waals surface area contributed by atoms with Crippen molar-refractivity contribution in [1.29, 1.82) is 0 Å². The molecule has 0 aliphatic carbocycles. The lowest BCUT2D eigenvalue weighted by atomic mass is 10.0. The molecule has 0 bridgehead atoms. The Morgan fingerprint density at radius 1 is 0.727 bits per heavy atom. The third-order valence-corrected chi connectivity index (χ3v) is 6.49. The molecule has 0 N–H and O–H groups in total. The van der Waals surface area contributed by atoms with Crippen LogP contribution in [0.1, 0.15) is 134 Å². The second kappa shape index (κ2) is 18.5. The van der Waals surface area contributed by atoms with E-state index < -0.39 is 0 Å². The van der Waals surface area contributed by atoms with Gasteiger partial charge in [0.25, 0.3) is 0 Å². The largest absolute Gasteiger partial charge is 0.273 e. The quantitative estimate of drug-likeness (QED) is 0.148. The highest BCUT2D eigenvalue weighted by Gasteiger charge is 2.10. The molecule has 0 fully saturated rings. The molecule has 184 valence electrons. The van der Waals surface area contributed by atoms with E-state index in [1.165, 1.54) is 107 Å². The molecular formula is C29H47N3O. The molecule has 0 saturated carbocycles. The van der Waals surface area contributed by atoms with Crippen LogP contribution in [0.15, 0.2) is 36.4 Å². The van der Waals surface area contributed by atoms with Crippen molar-refractivity contribution in [3.8, 4) is 0 Å². The van der Waals surface area contributed by atoms with Crippen LogP contribution in [0.3, 0.4) is 0 Å². The maximum atomic E-state index is 12.4. The minimum Gasteiger partial charge on any atom is -0.273 e. The first-order valence-corrected chi connectivity index (χ1v) is 13.8. The van der Waals surface area contributed by atoms with Crippen molar-refractivity contribution < 1.29 is 4.79 Å². The van der Waals surface area contributed by atoms with Crippen molar-refractivity contribution in [3.63, 3.8) is 0 Å². The van der Waals surface area contributed by atoms with Crippen molar-refractivity contribution in [2.45, 2.75) is 129 Å². The zero-order valence-electron chi connectivity index (χ0n) is 21.1. The average Bonchev–Trinajstić information content (AvgIpc) is 3.27. The van der Waals surface area contributed by atoms with Gasteiger partial charge in [-0.15, -0.1) is 5.10 Å². The number of benzene rings is 1. The number of aromatic nitrogens is 3. The first kappa shape index (κ1) is 27.3. The topological polar surface area (TPSA) is 47.8 Å². The van der Waals surface area contributed by atoms with Crippen LogP contribution < -0.4 is 0 Å². The van der Waals surface area contributed by atoms with Crippen LogP contribution in [-0.4, -0.2) is 20.9 Å². The number of allylic oxidation sites excluding steroid dienone is 2. The molecular weight excluding hydrogens is 406 g/mol. The van der Waals surface area contributed by atoms with Gasteiger partial charge in [-0.2, -0.15) is 4.68 Å². The van der Waals surface area contributed by atoms with E-state index in [0.29, 0.717) is 6.42 Å². The predicted molar refractivity (Wildman–Crippen MR) is 141 cm³/mol. The van der Waals surface area contributed by atoms with Gasteiger partial charge in [0.1, 0.15) is 5.52 Å². The van der Waals surface area contributed by atoms with Gasteiger partial charge in [-0.1, -0.05) is 120 Å². The van der Waals surface area contributed by atoms with Gasteiger partial charge in [0.05, 0.1) is 5.52 Å². The SMILES string of the molecule is CCCCCC/C=C/CCCCCCCCCCCCCCC(=O)n1nnc2ccccc21. The summed E-state index contributed by atoms with van der Waals surface area (Å²) < 4.78 is 1.46. The number of carbonyl (C=O) groups excluding carboxylic acids is 1. The molecule has 0 spiro atoms. The van der Waals surface area contributed by atoms with Gasteiger partial charge in [0, 0.05) is 6.42 Å². The number of hydrogen-bond donors (Lipinski definition) is 0. The second-order valence-corrected chi connectivity index (χ2v) is 9.49. The minimum absolute atomic E-state index is 0.0575. The van der Waals surface area contributed by atoms with Crippen LogP contribution in [0.5, 0.6) is 0 Å². The van der Waals surface area contributed by atoms with E-state index in [4.69, 9.17) is 0 Å². The molecule has 0 amide bonds. The molecule has 33 heavy (non-hydrogen) atoms. The van der Waals surface area contributed by atoms with Crippen LogP contribution in [0, 0.1) is 0 Å². The average molecular weight is 454 g/mol. The Morgan fingerprint density at radius 3 is 1.85 bits per heavy atom. The lowest BCUT2D eigenvalue weighted by Gasteiger charge is -2.03. The van der Waals surface area contributed by atoms with Crippen LogP contribution in [0.2, 0.25) is 0 Å². The molecule has 0 radical (unpaired) electrons. The van der Waals surface area contributed by atoms with Gasteiger partial charge in [0.2, 0.25) is 5.91 Å². The first-order chi connectivity index (χ1) is 16.3. The molecule has 4 nitrogen and oxygen atoms in total. The summed E-state index contributed by atoms with van der Waals surface area (Å²) in [5.41, 5.74) is 1.60. The summed E-state index contributed by atoms with van der Waals surface area (Å²) in [5, 5.41) is 8.08. The number of rotatable bonds is 20. The number of carbonyl (C=O) groups is 1. The number of hydrogen-bond acceptors (Lipinski definition) is 3. The summed E-state index contributed by atoms with van der Waals surface area (Å²) in [6, 6.07) is 7.64. The van der Waals surface area contributed by atoms with Gasteiger partial charge < -0.3 is 0 Å². The maximum absolute atomic E-state index is 12.4. The van der Waals surface area contributed by atoms with Gasteiger partial charge in [0.15, 0.2) is 0 Å². The molecule has 2 aromatic rings. The van der Waals surface area contributed by atoms with E-state index >= 15 is 0 Å². The van der Waals surface area contributed by atoms with Crippen molar-refractivity contribution in [2.24, 2.45) is 0 Å². The molecule has 0 aliphatic heterocycles. The summed E-state index contributed by atoms with van der Waals surface area (Å²) in [6.07, 6.45) is 29.0. The summed E-state index contributed by atoms with van der Waals surface area (Å²) in [6.45, 7) is 2.27. The zero-order chi connectivity index (χ0) is 23.4.